The van der Waals surface area contributed by atoms with Gasteiger partial charge in [0.25, 0.3) is 0 Å². The largest absolute Gasteiger partial charge is 0.238 e. The molecule has 2 heteroatoms. The van der Waals surface area contributed by atoms with Gasteiger partial charge in [-0.3, -0.25) is 0 Å². The van der Waals surface area contributed by atoms with Crippen LogP contribution in [0, 0.1) is 17.9 Å². The minimum Gasteiger partial charge on any atom is -0.238 e. The monoisotopic (exact) mass is 532 g/mol. The zero-order valence-electron chi connectivity index (χ0n) is 22.8. The molecule has 42 heavy (non-hydrogen) atoms. The van der Waals surface area contributed by atoms with Gasteiger partial charge in [0.1, 0.15) is 0 Å². The molecule has 7 aromatic rings. The fraction of sp³-hybridized carbons (Fsp3) is 0. The lowest BCUT2D eigenvalue weighted by Gasteiger charge is -2.18. The molecule has 0 atom stereocenters. The van der Waals surface area contributed by atoms with Crippen LogP contribution in [0.5, 0.6) is 0 Å². The molecule has 0 fully saturated rings. The van der Waals surface area contributed by atoms with Crippen molar-refractivity contribution in [3.8, 4) is 50.6 Å². The topological polar surface area (TPSA) is 28.1 Å². The van der Waals surface area contributed by atoms with E-state index in [4.69, 9.17) is 6.57 Å². The molecule has 0 unspecified atom stereocenters. The summed E-state index contributed by atoms with van der Waals surface area (Å²) in [5, 5.41) is 14.0. The van der Waals surface area contributed by atoms with E-state index in [9.17, 15) is 5.26 Å². The number of nitriles is 1. The standard InChI is InChI=1S/C40H24N2/c1-42-34-14-8-11-31(25-34)30-10-7-13-33(24-30)40-37-17-4-2-15-35(37)39(36-16-3-5-18-38(36)40)32-12-6-9-29(23-32)28-21-19-27(26-41)20-22-28/h2-25H. The molecule has 0 aromatic heterocycles. The first-order chi connectivity index (χ1) is 20.7. The summed E-state index contributed by atoms with van der Waals surface area (Å²) in [7, 11) is 0. The van der Waals surface area contributed by atoms with Crippen LogP contribution in [0.1, 0.15) is 5.56 Å². The highest BCUT2D eigenvalue weighted by molar-refractivity contribution is 6.21. The van der Waals surface area contributed by atoms with Crippen molar-refractivity contribution < 1.29 is 0 Å². The second-order valence-electron chi connectivity index (χ2n) is 10.4. The number of benzene rings is 7. The van der Waals surface area contributed by atoms with E-state index >= 15 is 0 Å². The number of nitrogens with zero attached hydrogens (tertiary/aromatic N) is 2. The van der Waals surface area contributed by atoms with E-state index in [-0.39, 0.29) is 0 Å². The molecule has 7 rings (SSSR count). The van der Waals surface area contributed by atoms with Crippen LogP contribution >= 0.6 is 0 Å². The third-order valence-electron chi connectivity index (χ3n) is 7.89. The first-order valence-corrected chi connectivity index (χ1v) is 13.9. The van der Waals surface area contributed by atoms with Gasteiger partial charge < -0.3 is 0 Å². The Morgan fingerprint density at radius 1 is 0.429 bits per heavy atom. The summed E-state index contributed by atoms with van der Waals surface area (Å²) >= 11 is 0. The van der Waals surface area contributed by atoms with Crippen molar-refractivity contribution >= 4 is 27.2 Å². The second-order valence-corrected chi connectivity index (χ2v) is 10.4. The van der Waals surface area contributed by atoms with Crippen LogP contribution in [0.3, 0.4) is 0 Å². The van der Waals surface area contributed by atoms with Crippen molar-refractivity contribution in [1.82, 2.24) is 0 Å². The molecular formula is C40H24N2. The smallest absolute Gasteiger partial charge is 0.187 e. The van der Waals surface area contributed by atoms with E-state index in [1.165, 1.54) is 32.7 Å². The summed E-state index contributed by atoms with van der Waals surface area (Å²) in [6.45, 7) is 7.44. The van der Waals surface area contributed by atoms with Crippen LogP contribution in [-0.2, 0) is 0 Å². The van der Waals surface area contributed by atoms with Gasteiger partial charge in [0.15, 0.2) is 5.69 Å². The lowest BCUT2D eigenvalue weighted by atomic mass is 9.85. The molecule has 0 spiro atoms. The van der Waals surface area contributed by atoms with E-state index in [2.05, 4.69) is 114 Å². The van der Waals surface area contributed by atoms with Crippen molar-refractivity contribution in [2.24, 2.45) is 0 Å². The molecule has 0 bridgehead atoms. The highest BCUT2D eigenvalue weighted by Gasteiger charge is 2.17. The fourth-order valence-electron chi connectivity index (χ4n) is 5.95. The Labute approximate surface area is 245 Å². The molecule has 2 nitrogen and oxygen atoms in total. The molecule has 0 amide bonds. The molecule has 0 saturated heterocycles. The molecule has 7 aromatic carbocycles. The number of hydrogen-bond donors (Lipinski definition) is 0. The minimum atomic E-state index is 0.640. The van der Waals surface area contributed by atoms with Gasteiger partial charge in [0, 0.05) is 0 Å². The fourth-order valence-corrected chi connectivity index (χ4v) is 5.95. The first-order valence-electron chi connectivity index (χ1n) is 13.9. The summed E-state index contributed by atoms with van der Waals surface area (Å²) in [5.74, 6) is 0. The average molecular weight is 533 g/mol. The van der Waals surface area contributed by atoms with E-state index in [1.807, 2.05) is 42.5 Å². The van der Waals surface area contributed by atoms with Crippen LogP contribution in [0.25, 0.3) is 70.9 Å². The van der Waals surface area contributed by atoms with Gasteiger partial charge in [-0.05, 0) is 96.4 Å². The Morgan fingerprint density at radius 2 is 0.857 bits per heavy atom. The Bertz CT molecular complexity index is 2150. The van der Waals surface area contributed by atoms with Gasteiger partial charge in [0.05, 0.1) is 18.2 Å². The second kappa shape index (κ2) is 10.5. The van der Waals surface area contributed by atoms with Crippen molar-refractivity contribution in [3.63, 3.8) is 0 Å². The molecule has 0 aliphatic heterocycles. The molecule has 194 valence electrons. The van der Waals surface area contributed by atoms with E-state index < -0.39 is 0 Å². The maximum atomic E-state index is 9.23. The zero-order valence-corrected chi connectivity index (χ0v) is 22.8. The number of fused-ring (bicyclic) bond motifs is 2. The van der Waals surface area contributed by atoms with Gasteiger partial charge in [-0.25, -0.2) is 4.85 Å². The molecule has 0 saturated carbocycles. The van der Waals surface area contributed by atoms with Crippen molar-refractivity contribution in [2.75, 3.05) is 0 Å². The Kier molecular flexibility index (Phi) is 6.29. The van der Waals surface area contributed by atoms with Gasteiger partial charge in [-0.2, -0.15) is 5.26 Å². The highest BCUT2D eigenvalue weighted by atomic mass is 14.6. The Hall–Kier alpha value is -5.96. The zero-order chi connectivity index (χ0) is 28.5. The molecular weight excluding hydrogens is 508 g/mol. The van der Waals surface area contributed by atoms with Crippen LogP contribution in [0.4, 0.5) is 5.69 Å². The first kappa shape index (κ1) is 25.0. The van der Waals surface area contributed by atoms with E-state index in [1.54, 1.807) is 0 Å². The van der Waals surface area contributed by atoms with Gasteiger partial charge in [-0.1, -0.05) is 115 Å². The average Bonchev–Trinajstić information content (AvgIpc) is 3.07. The summed E-state index contributed by atoms with van der Waals surface area (Å²) < 4.78 is 0. The van der Waals surface area contributed by atoms with Crippen LogP contribution in [0.15, 0.2) is 146 Å². The summed E-state index contributed by atoms with van der Waals surface area (Å²) in [5.41, 5.74) is 10.3. The summed E-state index contributed by atoms with van der Waals surface area (Å²) in [6.07, 6.45) is 0. The number of rotatable bonds is 4. The molecule has 0 heterocycles. The van der Waals surface area contributed by atoms with Gasteiger partial charge >= 0.3 is 0 Å². The van der Waals surface area contributed by atoms with Gasteiger partial charge in [0.2, 0.25) is 0 Å². The third kappa shape index (κ3) is 4.39. The quantitative estimate of drug-likeness (QED) is 0.164. The summed E-state index contributed by atoms with van der Waals surface area (Å²) in [4.78, 5) is 3.63. The number of hydrogen-bond acceptors (Lipinski definition) is 1. The molecule has 0 aliphatic carbocycles. The van der Waals surface area contributed by atoms with Crippen molar-refractivity contribution in [3.05, 3.63) is 163 Å². The van der Waals surface area contributed by atoms with Crippen LogP contribution < -0.4 is 0 Å². The van der Waals surface area contributed by atoms with Crippen molar-refractivity contribution in [2.45, 2.75) is 0 Å². The SMILES string of the molecule is [C-]#[N+]c1cccc(-c2cccc(-c3c4ccccc4c(-c4cccc(-c5ccc(C#N)cc5)c4)c4ccccc34)c2)c1. The maximum Gasteiger partial charge on any atom is 0.187 e. The predicted molar refractivity (Wildman–Crippen MR) is 174 cm³/mol. The minimum absolute atomic E-state index is 0.640. The van der Waals surface area contributed by atoms with Crippen LogP contribution in [0.2, 0.25) is 0 Å². The predicted octanol–water partition coefficient (Wildman–Crippen LogP) is 11.1. The molecule has 0 N–H and O–H groups in total. The third-order valence-corrected chi connectivity index (χ3v) is 7.89. The molecule has 0 radical (unpaired) electrons. The van der Waals surface area contributed by atoms with Crippen LogP contribution in [-0.4, -0.2) is 0 Å². The van der Waals surface area contributed by atoms with E-state index in [0.717, 1.165) is 33.4 Å². The summed E-state index contributed by atoms with van der Waals surface area (Å²) in [6, 6.07) is 52.4. The van der Waals surface area contributed by atoms with Gasteiger partial charge in [-0.15, -0.1) is 0 Å². The van der Waals surface area contributed by atoms with E-state index in [0.29, 0.717) is 11.3 Å². The normalized spacial score (nSPS) is 10.8. The Balaban J connectivity index is 1.46. The Morgan fingerprint density at radius 3 is 1.33 bits per heavy atom. The lowest BCUT2D eigenvalue weighted by molar-refractivity contribution is 1.48. The molecule has 0 aliphatic rings. The van der Waals surface area contributed by atoms with Crippen molar-refractivity contribution in [1.29, 1.82) is 5.26 Å². The lowest BCUT2D eigenvalue weighted by Crippen LogP contribution is -1.91. The maximum absolute atomic E-state index is 9.23. The highest BCUT2D eigenvalue weighted by Crippen LogP contribution is 2.44.